The monoisotopic (exact) mass is 388 g/mol. The molecule has 0 fully saturated rings. The van der Waals surface area contributed by atoms with Crippen molar-refractivity contribution >= 4 is 11.6 Å². The van der Waals surface area contributed by atoms with Gasteiger partial charge in [-0.3, -0.25) is 9.48 Å². The highest BCUT2D eigenvalue weighted by Crippen LogP contribution is 2.23. The number of hydrogen-bond donors (Lipinski definition) is 2. The first-order chi connectivity index (χ1) is 12.7. The highest BCUT2D eigenvalue weighted by atomic mass is 19.3. The summed E-state index contributed by atoms with van der Waals surface area (Å²) in [5.74, 6) is -4.54. The second kappa shape index (κ2) is 8.96. The average molecular weight is 388 g/mol. The van der Waals surface area contributed by atoms with Crippen molar-refractivity contribution in [3.63, 3.8) is 0 Å². The summed E-state index contributed by atoms with van der Waals surface area (Å²) < 4.78 is 56.2. The van der Waals surface area contributed by atoms with Crippen LogP contribution in [0.25, 0.3) is 0 Å². The Kier molecular flexibility index (Phi) is 6.92. The third kappa shape index (κ3) is 5.76. The first-order valence-corrected chi connectivity index (χ1v) is 8.02. The molecule has 0 bridgehead atoms. The van der Waals surface area contributed by atoms with E-state index in [2.05, 4.69) is 20.5 Å². The summed E-state index contributed by atoms with van der Waals surface area (Å²) in [4.78, 5) is 12.5. The summed E-state index contributed by atoms with van der Waals surface area (Å²) in [5.41, 5.74) is 1.55. The number of carbonyl (C=O) groups excluding carboxylic acids is 1. The minimum atomic E-state index is -4.20. The van der Waals surface area contributed by atoms with Crippen LogP contribution in [0, 0.1) is 0 Å². The van der Waals surface area contributed by atoms with Crippen molar-refractivity contribution in [1.82, 2.24) is 15.1 Å². The Hall–Kier alpha value is -2.46. The van der Waals surface area contributed by atoms with Gasteiger partial charge in [-0.25, -0.2) is 8.78 Å². The molecule has 0 radical (unpaired) electrons. The molecule has 1 amide bonds. The molecule has 1 aromatic carbocycles. The normalized spacial score (nSPS) is 13.0. The van der Waals surface area contributed by atoms with Gasteiger partial charge in [0, 0.05) is 24.5 Å². The molecule has 1 aromatic heterocycles. The van der Waals surface area contributed by atoms with Crippen LogP contribution in [0.15, 0.2) is 36.7 Å². The van der Waals surface area contributed by atoms with E-state index < -0.39 is 25.0 Å². The number of anilines is 1. The number of halogens is 4. The van der Waals surface area contributed by atoms with E-state index in [1.165, 1.54) is 6.07 Å². The lowest BCUT2D eigenvalue weighted by molar-refractivity contribution is -0.168. The molecule has 2 N–H and O–H groups in total. The highest BCUT2D eigenvalue weighted by Gasteiger charge is 2.40. The molecule has 1 heterocycles. The number of nitrogens with zero attached hydrogens (tertiary/aromatic N) is 2. The van der Waals surface area contributed by atoms with E-state index in [0.717, 1.165) is 0 Å². The van der Waals surface area contributed by atoms with Crippen molar-refractivity contribution < 1.29 is 27.1 Å². The molecule has 0 saturated heterocycles. The molecule has 148 valence electrons. The van der Waals surface area contributed by atoms with E-state index >= 15 is 0 Å². The van der Waals surface area contributed by atoms with Crippen molar-refractivity contribution in [3.05, 3.63) is 47.8 Å². The Morgan fingerprint density at radius 3 is 2.70 bits per heavy atom. The van der Waals surface area contributed by atoms with Crippen LogP contribution in [0.4, 0.5) is 23.2 Å². The summed E-state index contributed by atoms with van der Waals surface area (Å²) in [6.45, 7) is -1.67. The maximum absolute atomic E-state index is 12.8. The van der Waals surface area contributed by atoms with E-state index in [1.807, 2.05) is 0 Å². The van der Waals surface area contributed by atoms with Gasteiger partial charge in [0.25, 0.3) is 0 Å². The van der Waals surface area contributed by atoms with Gasteiger partial charge in [-0.05, 0) is 24.7 Å². The molecule has 0 aliphatic rings. The van der Waals surface area contributed by atoms with Crippen LogP contribution in [0.3, 0.4) is 0 Å². The van der Waals surface area contributed by atoms with Crippen molar-refractivity contribution in [1.29, 1.82) is 0 Å². The lowest BCUT2D eigenvalue weighted by Gasteiger charge is -2.16. The number of aryl methyl sites for hydroxylation is 1. The van der Waals surface area contributed by atoms with Gasteiger partial charge in [0.15, 0.2) is 0 Å². The van der Waals surface area contributed by atoms with E-state index in [1.54, 1.807) is 49.4 Å². The van der Waals surface area contributed by atoms with Crippen LogP contribution in [0.5, 0.6) is 0 Å². The van der Waals surface area contributed by atoms with Gasteiger partial charge < -0.3 is 15.4 Å². The molecule has 10 heteroatoms. The number of carbonyl (C=O) groups is 1. The molecular formula is C17H20F4N4O2. The SMILES string of the molecule is CNC(C(=O)Nc1cccc(COCC(F)(F)C(F)F)c1)c1cnn(C)c1. The van der Waals surface area contributed by atoms with Gasteiger partial charge in [-0.2, -0.15) is 13.9 Å². The lowest BCUT2D eigenvalue weighted by atomic mass is 10.1. The van der Waals surface area contributed by atoms with Gasteiger partial charge in [-0.15, -0.1) is 0 Å². The third-order valence-corrected chi connectivity index (χ3v) is 3.69. The summed E-state index contributed by atoms with van der Waals surface area (Å²) in [5, 5.41) is 9.61. The fraction of sp³-hybridized carbons (Fsp3) is 0.412. The summed E-state index contributed by atoms with van der Waals surface area (Å²) in [6.07, 6.45) is -0.517. The Labute approximate surface area is 153 Å². The molecule has 0 aliphatic carbocycles. The largest absolute Gasteiger partial charge is 0.370 e. The van der Waals surface area contributed by atoms with Gasteiger partial charge in [0.2, 0.25) is 5.91 Å². The molecule has 2 rings (SSSR count). The number of rotatable bonds is 9. The maximum Gasteiger partial charge on any atom is 0.330 e. The van der Waals surface area contributed by atoms with Crippen molar-refractivity contribution in [3.8, 4) is 0 Å². The molecule has 0 saturated carbocycles. The molecule has 0 spiro atoms. The molecule has 27 heavy (non-hydrogen) atoms. The van der Waals surface area contributed by atoms with E-state index in [0.29, 0.717) is 16.8 Å². The number of hydrogen-bond acceptors (Lipinski definition) is 4. The maximum atomic E-state index is 12.8. The number of amides is 1. The van der Waals surface area contributed by atoms with E-state index in [4.69, 9.17) is 0 Å². The zero-order valence-corrected chi connectivity index (χ0v) is 14.8. The number of nitrogens with one attached hydrogen (secondary N) is 2. The fourth-order valence-electron chi connectivity index (χ4n) is 2.36. The first kappa shape index (κ1) is 20.8. The summed E-state index contributed by atoms with van der Waals surface area (Å²) >= 11 is 0. The van der Waals surface area contributed by atoms with Gasteiger partial charge in [0.05, 0.1) is 12.8 Å². The lowest BCUT2D eigenvalue weighted by Crippen LogP contribution is -2.32. The number of ether oxygens (including phenoxy) is 1. The molecule has 1 unspecified atom stereocenters. The number of aromatic nitrogens is 2. The number of likely N-dealkylation sites (N-methyl/N-ethyl adjacent to an activating group) is 1. The highest BCUT2D eigenvalue weighted by molar-refractivity contribution is 5.95. The van der Waals surface area contributed by atoms with E-state index in [9.17, 15) is 22.4 Å². The summed E-state index contributed by atoms with van der Waals surface area (Å²) in [7, 11) is 3.36. The van der Waals surface area contributed by atoms with Crippen molar-refractivity contribution in [2.75, 3.05) is 19.0 Å². The average Bonchev–Trinajstić information content (AvgIpc) is 3.01. The molecule has 0 aliphatic heterocycles. The van der Waals surface area contributed by atoms with Gasteiger partial charge in [0.1, 0.15) is 12.6 Å². The van der Waals surface area contributed by atoms with Crippen LogP contribution in [-0.4, -0.2) is 41.7 Å². The smallest absolute Gasteiger partial charge is 0.330 e. The van der Waals surface area contributed by atoms with Crippen LogP contribution in [-0.2, 0) is 23.2 Å². The number of benzene rings is 1. The second-order valence-electron chi connectivity index (χ2n) is 5.91. The zero-order chi connectivity index (χ0) is 20.0. The number of alkyl halides is 4. The predicted molar refractivity (Wildman–Crippen MR) is 90.7 cm³/mol. The van der Waals surface area contributed by atoms with Crippen LogP contribution in [0.1, 0.15) is 17.2 Å². The minimum absolute atomic E-state index is 0.288. The third-order valence-electron chi connectivity index (χ3n) is 3.69. The van der Waals surface area contributed by atoms with Crippen LogP contribution >= 0.6 is 0 Å². The van der Waals surface area contributed by atoms with Crippen LogP contribution in [0.2, 0.25) is 0 Å². The topological polar surface area (TPSA) is 68.2 Å². The summed E-state index contributed by atoms with van der Waals surface area (Å²) in [6, 6.07) is 5.67. The van der Waals surface area contributed by atoms with Gasteiger partial charge >= 0.3 is 12.3 Å². The molecule has 1 atom stereocenters. The molecular weight excluding hydrogens is 368 g/mol. The van der Waals surface area contributed by atoms with Gasteiger partial charge in [-0.1, -0.05) is 12.1 Å². The standard InChI is InChI=1S/C17H20F4N4O2/c1-22-14(12-7-23-25(2)8-12)15(26)24-13-5-3-4-11(6-13)9-27-10-17(20,21)16(18)19/h3-8,14,16,22H,9-10H2,1-2H3,(H,24,26). The Morgan fingerprint density at radius 2 is 2.11 bits per heavy atom. The first-order valence-electron chi connectivity index (χ1n) is 8.02. The Bertz CT molecular complexity index is 767. The van der Waals surface area contributed by atoms with Crippen molar-refractivity contribution in [2.24, 2.45) is 7.05 Å². The zero-order valence-electron chi connectivity index (χ0n) is 14.8. The van der Waals surface area contributed by atoms with Crippen LogP contribution < -0.4 is 10.6 Å². The second-order valence-corrected chi connectivity index (χ2v) is 5.91. The van der Waals surface area contributed by atoms with Crippen molar-refractivity contribution in [2.45, 2.75) is 25.0 Å². The quantitative estimate of drug-likeness (QED) is 0.649. The Morgan fingerprint density at radius 1 is 1.37 bits per heavy atom. The van der Waals surface area contributed by atoms with E-state index in [-0.39, 0.29) is 12.5 Å². The molecule has 6 nitrogen and oxygen atoms in total. The minimum Gasteiger partial charge on any atom is -0.370 e. The Balaban J connectivity index is 1.97. The fourth-order valence-corrected chi connectivity index (χ4v) is 2.36. The molecule has 2 aromatic rings. The predicted octanol–water partition coefficient (Wildman–Crippen LogP) is 2.74.